The fraction of sp³-hybridized carbons (Fsp3) is 0.667. The third-order valence-corrected chi connectivity index (χ3v) is 6.47. The van der Waals surface area contributed by atoms with Crippen molar-refractivity contribution in [1.29, 1.82) is 0 Å². The SMILES string of the molecule is CC(C)CCN1CCC[C@@H](NCc2cc(O)c3c(c2)CCC(=O)CN3S(=O)O)C1. The molecule has 1 unspecified atom stereocenters. The highest BCUT2D eigenvalue weighted by Crippen LogP contribution is 2.36. The third-order valence-electron chi connectivity index (χ3n) is 5.78. The van der Waals surface area contributed by atoms with Gasteiger partial charge < -0.3 is 15.3 Å². The summed E-state index contributed by atoms with van der Waals surface area (Å²) in [6.45, 7) is 8.31. The minimum atomic E-state index is -2.35. The standard InChI is InChI=1S/C21H33N3O4S/c1-15(2)7-9-23-8-3-4-18(13-23)22-12-16-10-17-5-6-19(25)14-24(29(27)28)21(17)20(26)11-16/h10-11,15,18,22,26H,3-9,12-14H2,1-2H3,(H,27,28)/t18-/m1/s1. The number of rotatable bonds is 7. The number of aromatic hydroxyl groups is 1. The van der Waals surface area contributed by atoms with Gasteiger partial charge in [0.15, 0.2) is 5.78 Å². The topological polar surface area (TPSA) is 93.1 Å². The average molecular weight is 424 g/mol. The zero-order valence-electron chi connectivity index (χ0n) is 17.4. The Bertz CT molecular complexity index is 756. The molecular formula is C21H33N3O4S. The summed E-state index contributed by atoms with van der Waals surface area (Å²) >= 11 is -2.35. The van der Waals surface area contributed by atoms with E-state index in [1.54, 1.807) is 6.07 Å². The molecule has 2 aliphatic rings. The van der Waals surface area contributed by atoms with Crippen LogP contribution in [0.4, 0.5) is 5.69 Å². The van der Waals surface area contributed by atoms with Crippen molar-refractivity contribution < 1.29 is 18.7 Å². The molecule has 2 atom stereocenters. The second-order valence-corrected chi connectivity index (χ2v) is 9.53. The number of hydrogen-bond acceptors (Lipinski definition) is 5. The Balaban J connectivity index is 1.66. The number of anilines is 1. The molecule has 7 nitrogen and oxygen atoms in total. The van der Waals surface area contributed by atoms with Gasteiger partial charge in [0.25, 0.3) is 11.3 Å². The van der Waals surface area contributed by atoms with Crippen LogP contribution < -0.4 is 9.62 Å². The van der Waals surface area contributed by atoms with Gasteiger partial charge in [0.2, 0.25) is 0 Å². The second-order valence-electron chi connectivity index (χ2n) is 8.63. The summed E-state index contributed by atoms with van der Waals surface area (Å²) in [6.07, 6.45) is 4.32. The van der Waals surface area contributed by atoms with E-state index in [9.17, 15) is 18.7 Å². The number of carbonyl (C=O) groups excluding carboxylic acids is 1. The number of nitrogens with zero attached hydrogens (tertiary/aromatic N) is 2. The highest BCUT2D eigenvalue weighted by atomic mass is 32.2. The molecule has 1 aromatic rings. The van der Waals surface area contributed by atoms with Crippen LogP contribution in [0, 0.1) is 5.92 Å². The molecule has 3 rings (SSSR count). The van der Waals surface area contributed by atoms with Crippen molar-refractivity contribution in [1.82, 2.24) is 10.2 Å². The summed E-state index contributed by atoms with van der Waals surface area (Å²) < 4.78 is 22.3. The van der Waals surface area contributed by atoms with Gasteiger partial charge in [0.1, 0.15) is 5.75 Å². The maximum atomic E-state index is 11.9. The lowest BCUT2D eigenvalue weighted by molar-refractivity contribution is -0.117. The lowest BCUT2D eigenvalue weighted by Crippen LogP contribution is -2.45. The number of Topliss-reactive ketones (excluding diaryl/α,β-unsaturated/α-hetero) is 1. The average Bonchev–Trinajstić information content (AvgIpc) is 2.84. The van der Waals surface area contributed by atoms with Crippen LogP contribution in [0.25, 0.3) is 0 Å². The lowest BCUT2D eigenvalue weighted by Gasteiger charge is -2.33. The number of hydrogen-bond donors (Lipinski definition) is 3. The first-order valence-corrected chi connectivity index (χ1v) is 11.6. The number of nitrogens with one attached hydrogen (secondary N) is 1. The van der Waals surface area contributed by atoms with Gasteiger partial charge in [-0.05, 0) is 61.9 Å². The molecular weight excluding hydrogens is 390 g/mol. The summed E-state index contributed by atoms with van der Waals surface area (Å²) in [4.78, 5) is 14.5. The number of likely N-dealkylation sites (tertiary alicyclic amines) is 1. The first kappa shape index (κ1) is 22.2. The van der Waals surface area contributed by atoms with E-state index in [-0.39, 0.29) is 18.1 Å². The van der Waals surface area contributed by atoms with Crippen molar-refractivity contribution in [2.75, 3.05) is 30.5 Å². The Morgan fingerprint density at radius 2 is 2.10 bits per heavy atom. The maximum Gasteiger partial charge on any atom is 0.262 e. The van der Waals surface area contributed by atoms with Gasteiger partial charge in [-0.15, -0.1) is 0 Å². The summed E-state index contributed by atoms with van der Waals surface area (Å²) in [6, 6.07) is 4.00. The van der Waals surface area contributed by atoms with Gasteiger partial charge in [0.05, 0.1) is 12.2 Å². The molecule has 29 heavy (non-hydrogen) atoms. The molecule has 8 heteroatoms. The number of ketones is 1. The normalized spacial score (nSPS) is 21.9. The van der Waals surface area contributed by atoms with Gasteiger partial charge in [-0.25, -0.2) is 4.21 Å². The third kappa shape index (κ3) is 6.01. The van der Waals surface area contributed by atoms with Crippen molar-refractivity contribution in [3.8, 4) is 5.75 Å². The molecule has 1 aromatic carbocycles. The smallest absolute Gasteiger partial charge is 0.262 e. The van der Waals surface area contributed by atoms with Crippen LogP contribution >= 0.6 is 0 Å². The van der Waals surface area contributed by atoms with E-state index in [4.69, 9.17) is 0 Å². The van der Waals surface area contributed by atoms with Gasteiger partial charge in [0, 0.05) is 25.6 Å². The van der Waals surface area contributed by atoms with Crippen molar-refractivity contribution in [3.05, 3.63) is 23.3 Å². The molecule has 1 fully saturated rings. The number of benzene rings is 1. The first-order chi connectivity index (χ1) is 13.8. The Morgan fingerprint density at radius 3 is 2.83 bits per heavy atom. The van der Waals surface area contributed by atoms with Crippen LogP contribution in [0.15, 0.2) is 12.1 Å². The van der Waals surface area contributed by atoms with E-state index in [0.29, 0.717) is 37.0 Å². The lowest BCUT2D eigenvalue weighted by atomic mass is 10.0. The van der Waals surface area contributed by atoms with Crippen LogP contribution in [0.3, 0.4) is 0 Å². The Morgan fingerprint density at radius 1 is 1.31 bits per heavy atom. The van der Waals surface area contributed by atoms with Crippen LogP contribution in [-0.4, -0.2) is 56.8 Å². The Hall–Kier alpha value is -1.48. The largest absolute Gasteiger partial charge is 0.506 e. The van der Waals surface area contributed by atoms with Crippen LogP contribution in [-0.2, 0) is 29.0 Å². The van der Waals surface area contributed by atoms with Crippen molar-refractivity contribution in [3.63, 3.8) is 0 Å². The summed E-state index contributed by atoms with van der Waals surface area (Å²) in [5.74, 6) is 0.565. The van der Waals surface area contributed by atoms with E-state index in [0.717, 1.165) is 41.5 Å². The Labute approximate surface area is 175 Å². The number of phenolic OH excluding ortho intramolecular Hbond substituents is 1. The summed E-state index contributed by atoms with van der Waals surface area (Å²) in [5, 5.41) is 14.1. The minimum absolute atomic E-state index is 0.0430. The number of carbonyl (C=O) groups is 1. The van der Waals surface area contributed by atoms with Crippen LogP contribution in [0.5, 0.6) is 5.75 Å². The highest BCUT2D eigenvalue weighted by Gasteiger charge is 2.27. The van der Waals surface area contributed by atoms with E-state index in [1.807, 2.05) is 6.07 Å². The maximum absolute atomic E-state index is 11.9. The van der Waals surface area contributed by atoms with Gasteiger partial charge in [-0.1, -0.05) is 19.9 Å². The monoisotopic (exact) mass is 423 g/mol. The number of aryl methyl sites for hydroxylation is 1. The predicted molar refractivity (Wildman–Crippen MR) is 115 cm³/mol. The molecule has 162 valence electrons. The summed E-state index contributed by atoms with van der Waals surface area (Å²) in [5.41, 5.74) is 1.98. The first-order valence-electron chi connectivity index (χ1n) is 10.5. The fourth-order valence-corrected chi connectivity index (χ4v) is 4.80. The minimum Gasteiger partial charge on any atom is -0.506 e. The molecule has 0 aromatic heterocycles. The van der Waals surface area contributed by atoms with Crippen molar-refractivity contribution in [2.24, 2.45) is 5.92 Å². The van der Waals surface area contributed by atoms with Crippen molar-refractivity contribution >= 4 is 22.7 Å². The van der Waals surface area contributed by atoms with Crippen LogP contribution in [0.2, 0.25) is 0 Å². The zero-order valence-corrected chi connectivity index (χ0v) is 18.2. The van der Waals surface area contributed by atoms with E-state index >= 15 is 0 Å². The van der Waals surface area contributed by atoms with E-state index in [2.05, 4.69) is 24.1 Å². The molecule has 1 saturated heterocycles. The number of fused-ring (bicyclic) bond motifs is 1. The Kier molecular flexibility index (Phi) is 7.67. The molecule has 2 aliphatic heterocycles. The van der Waals surface area contributed by atoms with Crippen molar-refractivity contribution in [2.45, 2.75) is 58.5 Å². The molecule has 0 spiro atoms. The fourth-order valence-electron chi connectivity index (χ4n) is 4.18. The molecule has 2 heterocycles. The van der Waals surface area contributed by atoms with Crippen LogP contribution in [0.1, 0.15) is 50.7 Å². The molecule has 3 N–H and O–H groups in total. The van der Waals surface area contributed by atoms with Gasteiger partial charge >= 0.3 is 0 Å². The second kappa shape index (κ2) is 10.0. The van der Waals surface area contributed by atoms with E-state index < -0.39 is 11.3 Å². The van der Waals surface area contributed by atoms with E-state index in [1.165, 1.54) is 12.8 Å². The highest BCUT2D eigenvalue weighted by molar-refractivity contribution is 7.80. The zero-order chi connectivity index (χ0) is 21.0. The number of phenols is 1. The predicted octanol–water partition coefficient (Wildman–Crippen LogP) is 2.45. The van der Waals surface area contributed by atoms with Gasteiger partial charge in [-0.2, -0.15) is 0 Å². The molecule has 0 saturated carbocycles. The molecule has 0 bridgehead atoms. The summed E-state index contributed by atoms with van der Waals surface area (Å²) in [7, 11) is 0. The molecule has 0 radical (unpaired) electrons. The quantitative estimate of drug-likeness (QED) is 0.584. The number of piperidine rings is 1. The van der Waals surface area contributed by atoms with Gasteiger partial charge in [-0.3, -0.25) is 13.7 Å². The molecule has 0 aliphatic carbocycles. The molecule has 0 amide bonds.